The first-order valence-corrected chi connectivity index (χ1v) is 17.7. The average molecular weight is 591 g/mol. The molecule has 234 valence electrons. The summed E-state index contributed by atoms with van der Waals surface area (Å²) in [6.07, 6.45) is 11.2. The fourth-order valence-corrected chi connectivity index (χ4v) is 7.87. The minimum atomic E-state index is 0.976. The Balaban J connectivity index is 2.08. The number of fused-ring (bicyclic) bond motifs is 8. The van der Waals surface area contributed by atoms with Crippen molar-refractivity contribution < 1.29 is 0 Å². The van der Waals surface area contributed by atoms with Gasteiger partial charge in [-0.1, -0.05) is 68.7 Å². The summed E-state index contributed by atoms with van der Waals surface area (Å²) in [5, 5.41) is 0. The van der Waals surface area contributed by atoms with E-state index in [1.165, 1.54) is 83.6 Å². The molecule has 8 bridgehead atoms. The Bertz CT molecular complexity index is 1650. The molecule has 0 spiro atoms. The molecule has 0 aliphatic carbocycles. The van der Waals surface area contributed by atoms with Gasteiger partial charge in [0.05, 0.1) is 22.8 Å². The topological polar surface area (TPSA) is 57.4 Å². The fraction of sp³-hybridized carbons (Fsp3) is 0.500. The summed E-state index contributed by atoms with van der Waals surface area (Å²) in [5.41, 5.74) is 22.1. The van der Waals surface area contributed by atoms with Crippen molar-refractivity contribution in [3.05, 3.63) is 68.8 Å². The molecule has 4 nitrogen and oxygen atoms in total. The summed E-state index contributed by atoms with van der Waals surface area (Å²) in [6, 6.07) is 7.08. The Morgan fingerprint density at radius 1 is 0.432 bits per heavy atom. The second-order valence-corrected chi connectivity index (χ2v) is 12.3. The van der Waals surface area contributed by atoms with E-state index in [0.717, 1.165) is 82.0 Å². The molecule has 0 aromatic carbocycles. The molecule has 4 heteroatoms. The lowest BCUT2D eigenvalue weighted by Gasteiger charge is -2.12. The third-order valence-corrected chi connectivity index (χ3v) is 9.98. The van der Waals surface area contributed by atoms with Gasteiger partial charge in [-0.2, -0.15) is 0 Å². The van der Waals surface area contributed by atoms with Crippen LogP contribution in [0.15, 0.2) is 18.2 Å². The number of rotatable bonds is 11. The third-order valence-electron chi connectivity index (χ3n) is 9.98. The Labute approximate surface area is 265 Å². The van der Waals surface area contributed by atoms with Gasteiger partial charge in [0.15, 0.2) is 0 Å². The van der Waals surface area contributed by atoms with Crippen molar-refractivity contribution in [3.63, 3.8) is 0 Å². The molecule has 2 aliphatic heterocycles. The largest absolute Gasteiger partial charge is 0.355 e. The lowest BCUT2D eigenvalue weighted by molar-refractivity contribution is 0.786. The van der Waals surface area contributed by atoms with Crippen LogP contribution < -0.4 is 0 Å². The second kappa shape index (κ2) is 13.7. The predicted octanol–water partition coefficient (Wildman–Crippen LogP) is 11.4. The quantitative estimate of drug-likeness (QED) is 0.233. The molecule has 0 atom stereocenters. The molecule has 0 unspecified atom stereocenters. The molecule has 0 saturated heterocycles. The summed E-state index contributed by atoms with van der Waals surface area (Å²) in [4.78, 5) is 18.8. The van der Waals surface area contributed by atoms with Crippen LogP contribution in [0.1, 0.15) is 151 Å². The zero-order chi connectivity index (χ0) is 31.5. The van der Waals surface area contributed by atoms with Gasteiger partial charge in [-0.15, -0.1) is 0 Å². The molecule has 5 heterocycles. The molecule has 0 amide bonds. The van der Waals surface area contributed by atoms with Crippen LogP contribution in [0.4, 0.5) is 0 Å². The highest BCUT2D eigenvalue weighted by Gasteiger charge is 2.27. The minimum absolute atomic E-state index is 0.976. The van der Waals surface area contributed by atoms with Crippen LogP contribution in [-0.4, -0.2) is 19.9 Å². The number of aryl methyl sites for hydroxylation is 4. The van der Waals surface area contributed by atoms with E-state index in [0.29, 0.717) is 0 Å². The van der Waals surface area contributed by atoms with Gasteiger partial charge in [0.25, 0.3) is 0 Å². The number of allylic oxidation sites excluding steroid dienone is 4. The van der Waals surface area contributed by atoms with E-state index in [2.05, 4.69) is 90.5 Å². The number of nitrogens with zero attached hydrogens (tertiary/aromatic N) is 2. The van der Waals surface area contributed by atoms with Gasteiger partial charge in [0.1, 0.15) is 0 Å². The van der Waals surface area contributed by atoms with E-state index in [4.69, 9.17) is 9.97 Å². The molecule has 44 heavy (non-hydrogen) atoms. The normalized spacial score (nSPS) is 13.5. The first kappa shape index (κ1) is 32.0. The van der Waals surface area contributed by atoms with Gasteiger partial charge in [0, 0.05) is 27.6 Å². The SMILES string of the molecule is CCCCc1c2nc(cc3[nH]c(cc4[nH]c(cc5nc1C(CC)=C5CC)c(CC)c4CC)c(CC)c3CC)C(CC)=C2CC. The van der Waals surface area contributed by atoms with Crippen LogP contribution in [0, 0.1) is 0 Å². The standard InChI is InChI=1S/C40H54N4/c1-10-19-20-32-39-30(17-8)28(15-6)37(43-39)22-35-26(13-4)24(11-2)33(41-35)21-34-25(12-3)27(14-5)36(42-34)23-38-29(16-7)31(18-9)40(32)44-38/h21-23,41-42H,10-20H2,1-9H3. The Morgan fingerprint density at radius 2 is 0.795 bits per heavy atom. The number of aromatic amines is 2. The van der Waals surface area contributed by atoms with E-state index >= 15 is 0 Å². The number of hydrogen-bond donors (Lipinski definition) is 2. The van der Waals surface area contributed by atoms with Crippen molar-refractivity contribution in [3.8, 4) is 0 Å². The van der Waals surface area contributed by atoms with Crippen molar-refractivity contribution in [2.24, 2.45) is 0 Å². The molecule has 2 aliphatic rings. The zero-order valence-electron chi connectivity index (χ0n) is 28.9. The van der Waals surface area contributed by atoms with Crippen molar-refractivity contribution in [1.82, 2.24) is 19.9 Å². The van der Waals surface area contributed by atoms with Gasteiger partial charge in [-0.05, 0) is 127 Å². The number of aromatic nitrogens is 4. The highest BCUT2D eigenvalue weighted by atomic mass is 14.8. The van der Waals surface area contributed by atoms with Gasteiger partial charge in [-0.25, -0.2) is 9.97 Å². The molecule has 3 aromatic heterocycles. The van der Waals surface area contributed by atoms with Gasteiger partial charge < -0.3 is 9.97 Å². The monoisotopic (exact) mass is 590 g/mol. The molecule has 0 fully saturated rings. The maximum Gasteiger partial charge on any atom is 0.0726 e. The van der Waals surface area contributed by atoms with E-state index in [1.54, 1.807) is 0 Å². The van der Waals surface area contributed by atoms with Crippen molar-refractivity contribution in [2.75, 3.05) is 0 Å². The predicted molar refractivity (Wildman–Crippen MR) is 192 cm³/mol. The summed E-state index contributed by atoms with van der Waals surface area (Å²) in [5.74, 6) is 0. The molecular weight excluding hydrogens is 536 g/mol. The first-order valence-electron chi connectivity index (χ1n) is 17.7. The van der Waals surface area contributed by atoms with Crippen LogP contribution in [0.2, 0.25) is 0 Å². The number of unbranched alkanes of at least 4 members (excludes halogenated alkanes) is 1. The summed E-state index contributed by atoms with van der Waals surface area (Å²) in [7, 11) is 0. The Morgan fingerprint density at radius 3 is 1.11 bits per heavy atom. The summed E-state index contributed by atoms with van der Waals surface area (Å²) < 4.78 is 0. The van der Waals surface area contributed by atoms with Crippen molar-refractivity contribution >= 4 is 44.4 Å². The highest BCUT2D eigenvalue weighted by molar-refractivity contribution is 5.97. The van der Waals surface area contributed by atoms with Crippen molar-refractivity contribution in [2.45, 2.75) is 133 Å². The smallest absolute Gasteiger partial charge is 0.0726 e. The highest BCUT2D eigenvalue weighted by Crippen LogP contribution is 2.42. The third kappa shape index (κ3) is 5.39. The van der Waals surface area contributed by atoms with Gasteiger partial charge in [0.2, 0.25) is 0 Å². The fourth-order valence-electron chi connectivity index (χ4n) is 7.87. The summed E-state index contributed by atoms with van der Waals surface area (Å²) >= 11 is 0. The summed E-state index contributed by atoms with van der Waals surface area (Å²) in [6.45, 7) is 20.6. The van der Waals surface area contributed by atoms with E-state index in [1.807, 2.05) is 0 Å². The lowest BCUT2D eigenvalue weighted by Crippen LogP contribution is -1.99. The number of nitrogens with one attached hydrogen (secondary N) is 2. The van der Waals surface area contributed by atoms with E-state index < -0.39 is 0 Å². The van der Waals surface area contributed by atoms with Gasteiger partial charge in [-0.3, -0.25) is 0 Å². The number of H-pyrrole nitrogens is 2. The van der Waals surface area contributed by atoms with Crippen LogP contribution in [-0.2, 0) is 32.1 Å². The van der Waals surface area contributed by atoms with Gasteiger partial charge >= 0.3 is 0 Å². The minimum Gasteiger partial charge on any atom is -0.355 e. The molecule has 0 radical (unpaired) electrons. The average Bonchev–Trinajstić information content (AvgIpc) is 3.76. The van der Waals surface area contributed by atoms with Crippen LogP contribution in [0.3, 0.4) is 0 Å². The van der Waals surface area contributed by atoms with E-state index in [9.17, 15) is 0 Å². The molecule has 2 N–H and O–H groups in total. The lowest BCUT2D eigenvalue weighted by atomic mass is 9.91. The van der Waals surface area contributed by atoms with Crippen LogP contribution in [0.25, 0.3) is 44.4 Å². The number of hydrogen-bond acceptors (Lipinski definition) is 2. The second-order valence-electron chi connectivity index (χ2n) is 12.3. The van der Waals surface area contributed by atoms with E-state index in [-0.39, 0.29) is 0 Å². The zero-order valence-corrected chi connectivity index (χ0v) is 28.9. The van der Waals surface area contributed by atoms with Crippen LogP contribution >= 0.6 is 0 Å². The van der Waals surface area contributed by atoms with Crippen LogP contribution in [0.5, 0.6) is 0 Å². The van der Waals surface area contributed by atoms with Crippen molar-refractivity contribution in [1.29, 1.82) is 0 Å². The maximum atomic E-state index is 5.53. The Hall–Kier alpha value is -3.40. The Kier molecular flexibility index (Phi) is 9.97. The molecular formula is C40H54N4. The molecule has 0 saturated carbocycles. The first-order chi connectivity index (χ1) is 21.4. The molecule has 3 aromatic rings. The maximum absolute atomic E-state index is 5.53. The molecule has 5 rings (SSSR count).